The van der Waals surface area contributed by atoms with E-state index in [1.165, 1.54) is 35.6 Å². The number of thiophene rings is 1. The third-order valence-electron chi connectivity index (χ3n) is 3.53. The molecule has 0 radical (unpaired) electrons. The minimum atomic E-state index is -0.393. The van der Waals surface area contributed by atoms with Gasteiger partial charge in [-0.25, -0.2) is 9.37 Å². The van der Waals surface area contributed by atoms with E-state index < -0.39 is 5.82 Å². The number of benzene rings is 1. The van der Waals surface area contributed by atoms with E-state index in [0.717, 1.165) is 10.6 Å². The van der Waals surface area contributed by atoms with Gasteiger partial charge in [-0.05, 0) is 42.1 Å². The molecule has 2 amide bonds. The van der Waals surface area contributed by atoms with Crippen LogP contribution in [0.1, 0.15) is 27.3 Å². The van der Waals surface area contributed by atoms with Crippen molar-refractivity contribution in [3.05, 3.63) is 69.1 Å². The van der Waals surface area contributed by atoms with Crippen LogP contribution in [0.5, 0.6) is 0 Å². The number of anilines is 1. The van der Waals surface area contributed by atoms with E-state index >= 15 is 0 Å². The number of thiazole rings is 1. The smallest absolute Gasteiger partial charge is 0.257 e. The Morgan fingerprint density at radius 1 is 1.12 bits per heavy atom. The first-order valence-corrected chi connectivity index (χ1v) is 9.66. The maximum absolute atomic E-state index is 12.9. The second kappa shape index (κ2) is 8.68. The van der Waals surface area contributed by atoms with Gasteiger partial charge < -0.3 is 5.32 Å². The Kier molecular flexibility index (Phi) is 6.08. The summed E-state index contributed by atoms with van der Waals surface area (Å²) in [5, 5.41) is 9.78. The summed E-state index contributed by atoms with van der Waals surface area (Å²) in [7, 11) is 0. The molecule has 0 saturated heterocycles. The van der Waals surface area contributed by atoms with Crippen molar-refractivity contribution in [3.8, 4) is 0 Å². The molecule has 2 heterocycles. The molecule has 0 aliphatic rings. The van der Waals surface area contributed by atoms with Gasteiger partial charge in [-0.3, -0.25) is 14.9 Å². The summed E-state index contributed by atoms with van der Waals surface area (Å²) in [6, 6.07) is 9.22. The summed E-state index contributed by atoms with van der Waals surface area (Å²) in [4.78, 5) is 29.4. The number of carbonyl (C=O) groups excluding carboxylic acids is 2. The first kappa shape index (κ1) is 18.2. The Labute approximate surface area is 157 Å². The lowest BCUT2D eigenvalue weighted by atomic mass is 10.2. The second-order valence-electron chi connectivity index (χ2n) is 5.46. The molecule has 134 valence electrons. The van der Waals surface area contributed by atoms with Gasteiger partial charge in [0.1, 0.15) is 5.82 Å². The highest BCUT2D eigenvalue weighted by Crippen LogP contribution is 2.18. The molecule has 0 atom stereocenters. The van der Waals surface area contributed by atoms with Crippen LogP contribution in [0.2, 0.25) is 0 Å². The summed E-state index contributed by atoms with van der Waals surface area (Å²) in [6.07, 6.45) is 0.833. The van der Waals surface area contributed by atoms with Crippen LogP contribution in [0.3, 0.4) is 0 Å². The van der Waals surface area contributed by atoms with Gasteiger partial charge in [-0.2, -0.15) is 0 Å². The summed E-state index contributed by atoms with van der Waals surface area (Å²) >= 11 is 2.89. The van der Waals surface area contributed by atoms with Crippen molar-refractivity contribution in [2.24, 2.45) is 0 Å². The molecule has 3 aromatic rings. The van der Waals surface area contributed by atoms with Crippen molar-refractivity contribution in [1.82, 2.24) is 10.3 Å². The molecule has 0 fully saturated rings. The molecular formula is C18H16FN3O2S2. The molecule has 8 heteroatoms. The Balaban J connectivity index is 1.46. The van der Waals surface area contributed by atoms with Crippen molar-refractivity contribution >= 4 is 39.6 Å². The van der Waals surface area contributed by atoms with Gasteiger partial charge >= 0.3 is 0 Å². The van der Waals surface area contributed by atoms with Gasteiger partial charge in [0, 0.05) is 22.2 Å². The first-order chi connectivity index (χ1) is 12.6. The number of hydrogen-bond acceptors (Lipinski definition) is 5. The molecule has 2 N–H and O–H groups in total. The zero-order valence-corrected chi connectivity index (χ0v) is 15.3. The largest absolute Gasteiger partial charge is 0.351 e. The van der Waals surface area contributed by atoms with Gasteiger partial charge in [0.05, 0.1) is 12.2 Å². The van der Waals surface area contributed by atoms with E-state index in [-0.39, 0.29) is 11.8 Å². The summed E-state index contributed by atoms with van der Waals surface area (Å²) in [6.45, 7) is 0.534. The fraction of sp³-hybridized carbons (Fsp3) is 0.167. The highest BCUT2D eigenvalue weighted by atomic mass is 32.1. The Bertz CT molecular complexity index is 876. The fourth-order valence-electron chi connectivity index (χ4n) is 2.18. The average molecular weight is 389 g/mol. The van der Waals surface area contributed by atoms with Crippen molar-refractivity contribution in [2.45, 2.75) is 19.4 Å². The molecule has 3 rings (SSSR count). The number of nitrogens with zero attached hydrogens (tertiary/aromatic N) is 1. The van der Waals surface area contributed by atoms with Gasteiger partial charge in [-0.1, -0.05) is 6.07 Å². The van der Waals surface area contributed by atoms with Gasteiger partial charge in [0.15, 0.2) is 5.13 Å². The van der Waals surface area contributed by atoms with Crippen LogP contribution in [0.4, 0.5) is 9.52 Å². The summed E-state index contributed by atoms with van der Waals surface area (Å²) in [5.74, 6) is -0.779. The van der Waals surface area contributed by atoms with Crippen molar-refractivity contribution in [3.63, 3.8) is 0 Å². The van der Waals surface area contributed by atoms with E-state index in [4.69, 9.17) is 0 Å². The number of amides is 2. The average Bonchev–Trinajstić information content (AvgIpc) is 3.30. The van der Waals surface area contributed by atoms with E-state index in [2.05, 4.69) is 15.6 Å². The third-order valence-corrected chi connectivity index (χ3v) is 5.21. The predicted molar refractivity (Wildman–Crippen MR) is 101 cm³/mol. The van der Waals surface area contributed by atoms with Gasteiger partial charge in [-0.15, -0.1) is 22.7 Å². The lowest BCUT2D eigenvalue weighted by molar-refractivity contribution is -0.121. The number of rotatable bonds is 7. The molecule has 26 heavy (non-hydrogen) atoms. The van der Waals surface area contributed by atoms with Crippen molar-refractivity contribution in [1.29, 1.82) is 0 Å². The SMILES string of the molecule is O=C(CCc1csc(NC(=O)c2ccc(F)cc2)n1)NCc1cccs1. The molecule has 0 aliphatic heterocycles. The molecule has 0 spiro atoms. The van der Waals surface area contributed by atoms with Crippen LogP contribution in [0.15, 0.2) is 47.2 Å². The lowest BCUT2D eigenvalue weighted by Crippen LogP contribution is -2.22. The lowest BCUT2D eigenvalue weighted by Gasteiger charge is -2.03. The summed E-state index contributed by atoms with van der Waals surface area (Å²) in [5.41, 5.74) is 1.10. The maximum atomic E-state index is 12.9. The molecule has 0 aliphatic carbocycles. The van der Waals surface area contributed by atoms with Gasteiger partial charge in [0.2, 0.25) is 5.91 Å². The van der Waals surface area contributed by atoms with Crippen molar-refractivity contribution < 1.29 is 14.0 Å². The number of aromatic nitrogens is 1. The van der Waals surface area contributed by atoms with Crippen molar-refractivity contribution in [2.75, 3.05) is 5.32 Å². The highest BCUT2D eigenvalue weighted by Gasteiger charge is 2.10. The van der Waals surface area contributed by atoms with Crippen LogP contribution in [0, 0.1) is 5.82 Å². The minimum Gasteiger partial charge on any atom is -0.351 e. The van der Waals surface area contributed by atoms with Gasteiger partial charge in [0.25, 0.3) is 5.91 Å². The molecular weight excluding hydrogens is 373 g/mol. The van der Waals surface area contributed by atoms with Crippen LogP contribution >= 0.6 is 22.7 Å². The predicted octanol–water partition coefficient (Wildman–Crippen LogP) is 3.85. The standard InChI is InChI=1S/C18H16FN3O2S2/c19-13-5-3-12(4-6-13)17(24)22-18-21-14(11-26-18)7-8-16(23)20-10-15-2-1-9-25-15/h1-6,9,11H,7-8,10H2,(H,20,23)(H,21,22,24). The second-order valence-corrected chi connectivity index (χ2v) is 7.35. The number of nitrogens with one attached hydrogen (secondary N) is 2. The Morgan fingerprint density at radius 3 is 2.65 bits per heavy atom. The minimum absolute atomic E-state index is 0.0386. The highest BCUT2D eigenvalue weighted by molar-refractivity contribution is 7.14. The molecule has 0 bridgehead atoms. The molecule has 5 nitrogen and oxygen atoms in total. The fourth-order valence-corrected chi connectivity index (χ4v) is 3.56. The normalized spacial score (nSPS) is 10.5. The number of hydrogen-bond donors (Lipinski definition) is 2. The first-order valence-electron chi connectivity index (χ1n) is 7.90. The summed E-state index contributed by atoms with van der Waals surface area (Å²) < 4.78 is 12.9. The Hall–Kier alpha value is -2.58. The third kappa shape index (κ3) is 5.21. The monoisotopic (exact) mass is 389 g/mol. The van der Waals surface area contributed by atoms with Crippen LogP contribution in [-0.4, -0.2) is 16.8 Å². The topological polar surface area (TPSA) is 71.1 Å². The van der Waals surface area contributed by atoms with E-state index in [1.54, 1.807) is 11.3 Å². The quantitative estimate of drug-likeness (QED) is 0.645. The van der Waals surface area contributed by atoms with Crippen LogP contribution in [-0.2, 0) is 17.8 Å². The molecule has 0 unspecified atom stereocenters. The zero-order valence-electron chi connectivity index (χ0n) is 13.7. The van der Waals surface area contributed by atoms with Crippen LogP contribution < -0.4 is 10.6 Å². The maximum Gasteiger partial charge on any atom is 0.257 e. The van der Waals surface area contributed by atoms with E-state index in [9.17, 15) is 14.0 Å². The molecule has 1 aromatic carbocycles. The van der Waals surface area contributed by atoms with E-state index in [1.807, 2.05) is 22.9 Å². The number of aryl methyl sites for hydroxylation is 1. The zero-order chi connectivity index (χ0) is 18.4. The number of halogens is 1. The molecule has 0 saturated carbocycles. The van der Waals surface area contributed by atoms with Crippen LogP contribution in [0.25, 0.3) is 0 Å². The number of carbonyl (C=O) groups is 2. The van der Waals surface area contributed by atoms with E-state index in [0.29, 0.717) is 30.1 Å². The Morgan fingerprint density at radius 2 is 1.92 bits per heavy atom. The molecule has 2 aromatic heterocycles.